The Morgan fingerprint density at radius 1 is 0.947 bits per heavy atom. The van der Waals surface area contributed by atoms with Gasteiger partial charge >= 0.3 is 0 Å². The lowest BCUT2D eigenvalue weighted by Crippen LogP contribution is -2.30. The largest absolute Gasteiger partial charge is 0.365 e. The first-order valence-electron chi connectivity index (χ1n) is 12.5. The number of amides is 2. The fourth-order valence-electron chi connectivity index (χ4n) is 5.07. The first-order chi connectivity index (χ1) is 18.6. The van der Waals surface area contributed by atoms with Crippen LogP contribution < -0.4 is 11.1 Å². The summed E-state index contributed by atoms with van der Waals surface area (Å²) in [4.78, 5) is 34.5. The van der Waals surface area contributed by atoms with Crippen LogP contribution in [0.2, 0.25) is 0 Å². The van der Waals surface area contributed by atoms with Crippen LogP contribution in [-0.4, -0.2) is 28.2 Å². The molecule has 3 N–H and O–H groups in total. The van der Waals surface area contributed by atoms with Gasteiger partial charge in [0.1, 0.15) is 5.00 Å². The average Bonchev–Trinajstić information content (AvgIpc) is 3.30. The minimum Gasteiger partial charge on any atom is -0.365 e. The molecule has 0 fully saturated rings. The summed E-state index contributed by atoms with van der Waals surface area (Å²) < 4.78 is 0. The Labute approximate surface area is 224 Å². The monoisotopic (exact) mass is 518 g/mol. The number of pyridine rings is 1. The maximum absolute atomic E-state index is 13.7. The summed E-state index contributed by atoms with van der Waals surface area (Å²) in [5.41, 5.74) is 11.3. The van der Waals surface area contributed by atoms with Crippen molar-refractivity contribution >= 4 is 39.1 Å². The number of anilines is 1. The molecule has 0 saturated carbocycles. The lowest BCUT2D eigenvalue weighted by molar-refractivity contribution is 0.0999. The molecule has 3 heterocycles. The molecular weight excluding hydrogens is 492 g/mol. The van der Waals surface area contributed by atoms with Crippen LogP contribution in [0.25, 0.3) is 22.2 Å². The van der Waals surface area contributed by atoms with Crippen LogP contribution in [0.1, 0.15) is 36.7 Å². The maximum atomic E-state index is 13.7. The summed E-state index contributed by atoms with van der Waals surface area (Å²) in [6.45, 7) is 2.36. The summed E-state index contributed by atoms with van der Waals surface area (Å²) in [6.07, 6.45) is 0.711. The van der Waals surface area contributed by atoms with Crippen LogP contribution >= 0.6 is 11.3 Å². The molecule has 6 rings (SSSR count). The molecule has 1 aliphatic rings. The van der Waals surface area contributed by atoms with E-state index < -0.39 is 5.91 Å². The maximum Gasteiger partial charge on any atom is 0.257 e. The number of para-hydroxylation sites is 1. The molecule has 188 valence electrons. The van der Waals surface area contributed by atoms with Crippen molar-refractivity contribution in [2.24, 2.45) is 5.73 Å². The van der Waals surface area contributed by atoms with Crippen molar-refractivity contribution < 1.29 is 9.59 Å². The van der Waals surface area contributed by atoms with Gasteiger partial charge in [-0.3, -0.25) is 14.5 Å². The third-order valence-corrected chi connectivity index (χ3v) is 8.02. The number of thiophene rings is 1. The number of rotatable bonds is 6. The number of primary amides is 1. The number of fused-ring (bicyclic) bond motifs is 2. The number of carbonyl (C=O) groups is 2. The minimum absolute atomic E-state index is 0.289. The molecule has 0 atom stereocenters. The second-order valence-electron chi connectivity index (χ2n) is 9.41. The molecule has 3 aromatic carbocycles. The highest BCUT2D eigenvalue weighted by Crippen LogP contribution is 2.38. The van der Waals surface area contributed by atoms with E-state index in [1.807, 2.05) is 78.9 Å². The van der Waals surface area contributed by atoms with Gasteiger partial charge in [-0.25, -0.2) is 4.98 Å². The van der Waals surface area contributed by atoms with Crippen LogP contribution in [0.5, 0.6) is 0 Å². The van der Waals surface area contributed by atoms with Gasteiger partial charge in [-0.2, -0.15) is 0 Å². The lowest BCUT2D eigenvalue weighted by atomic mass is 10.0. The molecule has 1 aliphatic heterocycles. The van der Waals surface area contributed by atoms with Crippen molar-refractivity contribution in [2.75, 3.05) is 11.9 Å². The number of benzene rings is 3. The Kier molecular flexibility index (Phi) is 6.45. The number of nitrogens with one attached hydrogen (secondary N) is 1. The Balaban J connectivity index is 1.33. The van der Waals surface area contributed by atoms with E-state index in [4.69, 9.17) is 10.7 Å². The van der Waals surface area contributed by atoms with Crippen molar-refractivity contribution in [1.82, 2.24) is 9.88 Å². The smallest absolute Gasteiger partial charge is 0.257 e. The van der Waals surface area contributed by atoms with Gasteiger partial charge in [0, 0.05) is 35.5 Å². The summed E-state index contributed by atoms with van der Waals surface area (Å²) in [5, 5.41) is 4.29. The van der Waals surface area contributed by atoms with Gasteiger partial charge in [-0.05, 0) is 29.7 Å². The quantitative estimate of drug-likeness (QED) is 0.294. The second kappa shape index (κ2) is 10.2. The molecule has 0 spiro atoms. The van der Waals surface area contributed by atoms with Crippen LogP contribution in [0.15, 0.2) is 91.0 Å². The topological polar surface area (TPSA) is 88.3 Å². The van der Waals surface area contributed by atoms with E-state index in [2.05, 4.69) is 22.3 Å². The van der Waals surface area contributed by atoms with Crippen LogP contribution in [0, 0.1) is 0 Å². The molecule has 5 aromatic rings. The average molecular weight is 519 g/mol. The van der Waals surface area contributed by atoms with E-state index in [1.54, 1.807) is 0 Å². The summed E-state index contributed by atoms with van der Waals surface area (Å²) in [6, 6.07) is 29.5. The van der Waals surface area contributed by atoms with Crippen molar-refractivity contribution in [3.05, 3.63) is 118 Å². The van der Waals surface area contributed by atoms with Gasteiger partial charge < -0.3 is 11.1 Å². The number of hydrogen-bond acceptors (Lipinski definition) is 5. The third-order valence-electron chi connectivity index (χ3n) is 6.89. The van der Waals surface area contributed by atoms with Gasteiger partial charge in [0.2, 0.25) is 0 Å². The molecule has 2 amide bonds. The Morgan fingerprint density at radius 2 is 1.66 bits per heavy atom. The highest BCUT2D eigenvalue weighted by Gasteiger charge is 2.28. The number of hydrogen-bond donors (Lipinski definition) is 2. The number of aromatic nitrogens is 1. The molecule has 0 unspecified atom stereocenters. The van der Waals surface area contributed by atoms with Crippen molar-refractivity contribution in [1.29, 1.82) is 0 Å². The van der Waals surface area contributed by atoms with E-state index in [0.717, 1.165) is 40.0 Å². The Bertz CT molecular complexity index is 1650. The van der Waals surface area contributed by atoms with Gasteiger partial charge in [0.05, 0.1) is 22.3 Å². The summed E-state index contributed by atoms with van der Waals surface area (Å²) >= 11 is 1.44. The van der Waals surface area contributed by atoms with E-state index in [1.165, 1.54) is 16.9 Å². The standard InChI is InChI=1S/C31H26N4O2S/c32-29(36)28-23-15-16-35(18-20-9-3-1-4-10-20)19-27(23)38-31(28)34-30(37)24-17-26(21-11-5-2-6-12-21)33-25-14-8-7-13-22(24)25/h1-14,17H,15-16,18-19H2,(H2,32,36)(H,34,37). The van der Waals surface area contributed by atoms with E-state index in [-0.39, 0.29) is 5.91 Å². The SMILES string of the molecule is NC(=O)c1c(NC(=O)c2cc(-c3ccccc3)nc3ccccc23)sc2c1CCN(Cc1ccccc1)C2. The molecule has 6 nitrogen and oxygen atoms in total. The zero-order valence-corrected chi connectivity index (χ0v) is 21.5. The predicted octanol–water partition coefficient (Wildman–Crippen LogP) is 5.87. The first kappa shape index (κ1) is 24.0. The molecule has 38 heavy (non-hydrogen) atoms. The Morgan fingerprint density at radius 3 is 2.42 bits per heavy atom. The number of nitrogens with two attached hydrogens (primary N) is 1. The molecule has 0 saturated heterocycles. The third kappa shape index (κ3) is 4.69. The number of carbonyl (C=O) groups excluding carboxylic acids is 2. The van der Waals surface area contributed by atoms with Gasteiger partial charge in [-0.15, -0.1) is 11.3 Å². The normalized spacial score (nSPS) is 13.3. The minimum atomic E-state index is -0.515. The second-order valence-corrected chi connectivity index (χ2v) is 10.5. The Hall–Kier alpha value is -4.33. The fourth-order valence-corrected chi connectivity index (χ4v) is 6.36. The predicted molar refractivity (Wildman–Crippen MR) is 152 cm³/mol. The highest BCUT2D eigenvalue weighted by molar-refractivity contribution is 7.17. The lowest BCUT2D eigenvalue weighted by Gasteiger charge is -2.27. The molecule has 7 heteroatoms. The highest BCUT2D eigenvalue weighted by atomic mass is 32.1. The van der Waals surface area contributed by atoms with E-state index in [9.17, 15) is 9.59 Å². The molecule has 0 radical (unpaired) electrons. The molecule has 0 bridgehead atoms. The van der Waals surface area contributed by atoms with Crippen molar-refractivity contribution in [3.8, 4) is 11.3 Å². The van der Waals surface area contributed by atoms with Crippen LogP contribution in [0.3, 0.4) is 0 Å². The zero-order chi connectivity index (χ0) is 26.1. The van der Waals surface area contributed by atoms with Crippen LogP contribution in [-0.2, 0) is 19.5 Å². The van der Waals surface area contributed by atoms with Gasteiger partial charge in [0.15, 0.2) is 0 Å². The number of nitrogens with zero attached hydrogens (tertiary/aromatic N) is 2. The van der Waals surface area contributed by atoms with Crippen molar-refractivity contribution in [2.45, 2.75) is 19.5 Å². The molecular formula is C31H26N4O2S. The fraction of sp³-hybridized carbons (Fsp3) is 0.129. The zero-order valence-electron chi connectivity index (χ0n) is 20.7. The molecule has 0 aliphatic carbocycles. The van der Waals surface area contributed by atoms with Gasteiger partial charge in [-0.1, -0.05) is 78.9 Å². The van der Waals surface area contributed by atoms with Crippen LogP contribution in [0.4, 0.5) is 5.00 Å². The van der Waals surface area contributed by atoms with Gasteiger partial charge in [0.25, 0.3) is 11.8 Å². The van der Waals surface area contributed by atoms with Crippen molar-refractivity contribution in [3.63, 3.8) is 0 Å². The molecule has 2 aromatic heterocycles. The first-order valence-corrected chi connectivity index (χ1v) is 13.4. The summed E-state index contributed by atoms with van der Waals surface area (Å²) in [7, 11) is 0. The summed E-state index contributed by atoms with van der Waals surface area (Å²) in [5.74, 6) is -0.804. The van der Waals surface area contributed by atoms with E-state index in [0.29, 0.717) is 34.8 Å². The van der Waals surface area contributed by atoms with E-state index >= 15 is 0 Å².